The quantitative estimate of drug-likeness (QED) is 0.877. The lowest BCUT2D eigenvalue weighted by molar-refractivity contribution is 0.223. The van der Waals surface area contributed by atoms with Gasteiger partial charge in [-0.15, -0.1) is 5.10 Å². The van der Waals surface area contributed by atoms with Gasteiger partial charge >= 0.3 is 0 Å². The number of nitrogens with zero attached hydrogens (tertiary/aromatic N) is 4. The summed E-state index contributed by atoms with van der Waals surface area (Å²) in [6, 6.07) is 0. The highest BCUT2D eigenvalue weighted by Gasteiger charge is 2.17. The van der Waals surface area contributed by atoms with Gasteiger partial charge in [0.05, 0.1) is 16.8 Å². The van der Waals surface area contributed by atoms with Crippen molar-refractivity contribution in [3.63, 3.8) is 0 Å². The smallest absolute Gasteiger partial charge is 0.120 e. The maximum Gasteiger partial charge on any atom is 0.120 e. The minimum atomic E-state index is -0.661. The SMILES string of the molecule is CCCn1cc(C(O)c2snnc2C)cn1. The fourth-order valence-electron chi connectivity index (χ4n) is 1.51. The Morgan fingerprint density at radius 1 is 1.56 bits per heavy atom. The van der Waals surface area contributed by atoms with Crippen LogP contribution in [-0.4, -0.2) is 24.5 Å². The Labute approximate surface area is 97.9 Å². The van der Waals surface area contributed by atoms with Crippen LogP contribution in [0.3, 0.4) is 0 Å². The number of aliphatic hydroxyl groups excluding tert-OH is 1. The molecular weight excluding hydrogens is 224 g/mol. The molecule has 2 heterocycles. The van der Waals surface area contributed by atoms with Gasteiger partial charge < -0.3 is 5.11 Å². The number of aliphatic hydroxyl groups is 1. The van der Waals surface area contributed by atoms with E-state index in [1.165, 1.54) is 11.5 Å². The van der Waals surface area contributed by atoms with Gasteiger partial charge in [0.2, 0.25) is 0 Å². The molecule has 0 aliphatic heterocycles. The minimum absolute atomic E-state index is 0.661. The normalized spacial score (nSPS) is 12.9. The molecule has 86 valence electrons. The number of hydrogen-bond donors (Lipinski definition) is 1. The van der Waals surface area contributed by atoms with Gasteiger partial charge in [0, 0.05) is 18.3 Å². The summed E-state index contributed by atoms with van der Waals surface area (Å²) in [5.41, 5.74) is 1.57. The minimum Gasteiger partial charge on any atom is -0.383 e. The third-order valence-electron chi connectivity index (χ3n) is 2.36. The van der Waals surface area contributed by atoms with Gasteiger partial charge in [-0.05, 0) is 24.9 Å². The fourth-order valence-corrected chi connectivity index (χ4v) is 2.17. The molecule has 6 heteroatoms. The molecule has 1 atom stereocenters. The Balaban J connectivity index is 2.20. The standard InChI is InChI=1S/C10H14N4OS/c1-3-4-14-6-8(5-11-14)9(15)10-7(2)12-13-16-10/h5-6,9,15H,3-4H2,1-2H3. The summed E-state index contributed by atoms with van der Waals surface area (Å²) >= 11 is 1.23. The first-order chi connectivity index (χ1) is 7.72. The highest BCUT2D eigenvalue weighted by atomic mass is 32.1. The molecule has 0 fully saturated rings. The zero-order valence-corrected chi connectivity index (χ0v) is 10.1. The van der Waals surface area contributed by atoms with Gasteiger partial charge in [0.15, 0.2) is 0 Å². The number of aromatic nitrogens is 4. The van der Waals surface area contributed by atoms with Crippen LogP contribution in [-0.2, 0) is 6.54 Å². The Morgan fingerprint density at radius 2 is 2.38 bits per heavy atom. The van der Waals surface area contributed by atoms with Gasteiger partial charge in [0.1, 0.15) is 6.10 Å². The summed E-state index contributed by atoms with van der Waals surface area (Å²) in [4.78, 5) is 0.788. The molecular formula is C10H14N4OS. The number of aryl methyl sites for hydroxylation is 2. The van der Waals surface area contributed by atoms with Gasteiger partial charge in [-0.2, -0.15) is 5.10 Å². The van der Waals surface area contributed by atoms with E-state index in [2.05, 4.69) is 21.6 Å². The van der Waals surface area contributed by atoms with Crippen molar-refractivity contribution < 1.29 is 5.11 Å². The van der Waals surface area contributed by atoms with E-state index in [0.29, 0.717) is 0 Å². The maximum absolute atomic E-state index is 10.1. The molecule has 5 nitrogen and oxygen atoms in total. The van der Waals surface area contributed by atoms with Gasteiger partial charge in [0.25, 0.3) is 0 Å². The zero-order chi connectivity index (χ0) is 11.5. The van der Waals surface area contributed by atoms with Crippen molar-refractivity contribution in [3.05, 3.63) is 28.5 Å². The van der Waals surface area contributed by atoms with E-state index in [-0.39, 0.29) is 0 Å². The summed E-state index contributed by atoms with van der Waals surface area (Å²) in [6.07, 6.45) is 3.93. The molecule has 0 aliphatic carbocycles. The van der Waals surface area contributed by atoms with Crippen LogP contribution >= 0.6 is 11.5 Å². The van der Waals surface area contributed by atoms with Crippen molar-refractivity contribution in [1.29, 1.82) is 0 Å². The molecule has 0 saturated carbocycles. The van der Waals surface area contributed by atoms with Gasteiger partial charge in [-0.25, -0.2) is 0 Å². The first-order valence-electron chi connectivity index (χ1n) is 5.21. The van der Waals surface area contributed by atoms with Crippen LogP contribution in [0.1, 0.15) is 35.6 Å². The van der Waals surface area contributed by atoms with E-state index in [1.54, 1.807) is 6.20 Å². The average Bonchev–Trinajstić information content (AvgIpc) is 2.87. The van der Waals surface area contributed by atoms with Crippen molar-refractivity contribution in [1.82, 2.24) is 19.4 Å². The highest BCUT2D eigenvalue weighted by molar-refractivity contribution is 7.05. The second-order valence-corrected chi connectivity index (χ2v) is 4.45. The molecule has 0 saturated heterocycles. The topological polar surface area (TPSA) is 63.8 Å². The Kier molecular flexibility index (Phi) is 3.31. The van der Waals surface area contributed by atoms with E-state index in [0.717, 1.165) is 29.1 Å². The monoisotopic (exact) mass is 238 g/mol. The van der Waals surface area contributed by atoms with Crippen LogP contribution in [0.25, 0.3) is 0 Å². The summed E-state index contributed by atoms with van der Waals surface area (Å²) in [5, 5.41) is 18.2. The Bertz CT molecular complexity index is 465. The van der Waals surface area contributed by atoms with E-state index >= 15 is 0 Å². The lowest BCUT2D eigenvalue weighted by atomic mass is 10.1. The van der Waals surface area contributed by atoms with Gasteiger partial charge in [-0.3, -0.25) is 4.68 Å². The second kappa shape index (κ2) is 4.71. The molecule has 2 aromatic heterocycles. The molecule has 0 aromatic carbocycles. The van der Waals surface area contributed by atoms with E-state index in [4.69, 9.17) is 0 Å². The number of hydrogen-bond acceptors (Lipinski definition) is 5. The molecule has 1 N–H and O–H groups in total. The van der Waals surface area contributed by atoms with Crippen molar-refractivity contribution in [3.8, 4) is 0 Å². The first-order valence-corrected chi connectivity index (χ1v) is 5.99. The molecule has 0 spiro atoms. The Hall–Kier alpha value is -1.27. The molecule has 0 aliphatic rings. The molecule has 2 rings (SSSR count). The third-order valence-corrected chi connectivity index (χ3v) is 3.24. The summed E-state index contributed by atoms with van der Waals surface area (Å²) in [5.74, 6) is 0. The highest BCUT2D eigenvalue weighted by Crippen LogP contribution is 2.25. The lowest BCUT2D eigenvalue weighted by Crippen LogP contribution is -1.99. The molecule has 0 amide bonds. The van der Waals surface area contributed by atoms with Crippen LogP contribution in [0.2, 0.25) is 0 Å². The summed E-state index contributed by atoms with van der Waals surface area (Å²) < 4.78 is 5.65. The number of rotatable bonds is 4. The lowest BCUT2D eigenvalue weighted by Gasteiger charge is -2.04. The first kappa shape index (κ1) is 11.2. The zero-order valence-electron chi connectivity index (χ0n) is 9.29. The molecule has 16 heavy (non-hydrogen) atoms. The van der Waals surface area contributed by atoms with E-state index < -0.39 is 6.10 Å². The maximum atomic E-state index is 10.1. The van der Waals surface area contributed by atoms with Crippen molar-refractivity contribution in [2.24, 2.45) is 0 Å². The Morgan fingerprint density at radius 3 is 3.00 bits per heavy atom. The largest absolute Gasteiger partial charge is 0.383 e. The van der Waals surface area contributed by atoms with Crippen LogP contribution in [0, 0.1) is 6.92 Å². The molecule has 0 radical (unpaired) electrons. The van der Waals surface area contributed by atoms with Crippen molar-refractivity contribution >= 4 is 11.5 Å². The van der Waals surface area contributed by atoms with E-state index in [9.17, 15) is 5.11 Å². The second-order valence-electron chi connectivity index (χ2n) is 3.66. The predicted molar refractivity (Wildman–Crippen MR) is 61.2 cm³/mol. The molecule has 0 bridgehead atoms. The van der Waals surface area contributed by atoms with Crippen molar-refractivity contribution in [2.45, 2.75) is 32.9 Å². The molecule has 1 unspecified atom stereocenters. The van der Waals surface area contributed by atoms with Crippen LogP contribution in [0.4, 0.5) is 0 Å². The summed E-state index contributed by atoms with van der Waals surface area (Å²) in [6.45, 7) is 4.81. The summed E-state index contributed by atoms with van der Waals surface area (Å²) in [7, 11) is 0. The van der Waals surface area contributed by atoms with Crippen molar-refractivity contribution in [2.75, 3.05) is 0 Å². The predicted octanol–water partition coefficient (Wildman–Crippen LogP) is 1.53. The fraction of sp³-hybridized carbons (Fsp3) is 0.500. The van der Waals surface area contributed by atoms with Gasteiger partial charge in [-0.1, -0.05) is 11.4 Å². The van der Waals surface area contributed by atoms with Crippen LogP contribution < -0.4 is 0 Å². The third kappa shape index (κ3) is 2.12. The van der Waals surface area contributed by atoms with E-state index in [1.807, 2.05) is 17.8 Å². The van der Waals surface area contributed by atoms with Crippen LogP contribution in [0.5, 0.6) is 0 Å². The molecule has 2 aromatic rings. The average molecular weight is 238 g/mol. The van der Waals surface area contributed by atoms with Crippen LogP contribution in [0.15, 0.2) is 12.4 Å².